The zero-order valence-electron chi connectivity index (χ0n) is 14.7. The Morgan fingerprint density at radius 2 is 1.92 bits per heavy atom. The lowest BCUT2D eigenvalue weighted by Crippen LogP contribution is -2.00. The van der Waals surface area contributed by atoms with Gasteiger partial charge in [-0.05, 0) is 56.7 Å². The maximum absolute atomic E-state index is 12.4. The highest BCUT2D eigenvalue weighted by Crippen LogP contribution is 2.36. The zero-order chi connectivity index (χ0) is 18.1. The highest BCUT2D eigenvalue weighted by molar-refractivity contribution is 6.10. The van der Waals surface area contributed by atoms with E-state index in [-0.39, 0.29) is 11.5 Å². The molecule has 2 aromatic carbocycles. The lowest BCUT2D eigenvalue weighted by molar-refractivity contribution is 0.101. The molecule has 0 amide bonds. The van der Waals surface area contributed by atoms with Crippen LogP contribution in [0.15, 0.2) is 49.1 Å². The summed E-state index contributed by atoms with van der Waals surface area (Å²) >= 11 is 0. The molecule has 4 heteroatoms. The number of ketones is 1. The quantitative estimate of drug-likeness (QED) is 0.548. The second-order valence-electron chi connectivity index (χ2n) is 6.00. The van der Waals surface area contributed by atoms with Gasteiger partial charge in [-0.1, -0.05) is 6.08 Å². The third-order valence-electron chi connectivity index (χ3n) is 4.49. The number of hydrogen-bond donors (Lipinski definition) is 1. The van der Waals surface area contributed by atoms with E-state index < -0.39 is 0 Å². The number of phenols is 1. The van der Waals surface area contributed by atoms with Gasteiger partial charge in [-0.3, -0.25) is 4.79 Å². The third-order valence-corrected chi connectivity index (χ3v) is 4.49. The number of phenolic OH excluding ortho intramolecular Hbond substituents is 1. The first-order chi connectivity index (χ1) is 12.0. The molecule has 0 aliphatic carbocycles. The van der Waals surface area contributed by atoms with Crippen LogP contribution in [0.4, 0.5) is 0 Å². The Labute approximate surface area is 147 Å². The highest BCUT2D eigenvalue weighted by atomic mass is 16.5. The minimum atomic E-state index is -0.0225. The molecule has 0 saturated carbocycles. The van der Waals surface area contributed by atoms with Crippen molar-refractivity contribution in [3.8, 4) is 17.2 Å². The second-order valence-corrected chi connectivity index (χ2v) is 6.00. The molecule has 0 bridgehead atoms. The summed E-state index contributed by atoms with van der Waals surface area (Å²) in [5.41, 5.74) is 4.05. The SMILES string of the molecule is C=CCc1c(O)ccc2c1c(C(C)=O)c(C)n2-c1ccc(OC)cc1. The van der Waals surface area contributed by atoms with E-state index in [9.17, 15) is 9.90 Å². The van der Waals surface area contributed by atoms with Gasteiger partial charge in [0.1, 0.15) is 11.5 Å². The Kier molecular flexibility index (Phi) is 4.36. The first-order valence-electron chi connectivity index (χ1n) is 8.11. The molecule has 1 heterocycles. The summed E-state index contributed by atoms with van der Waals surface area (Å²) in [5, 5.41) is 11.1. The lowest BCUT2D eigenvalue weighted by Gasteiger charge is -2.10. The molecule has 128 valence electrons. The summed E-state index contributed by atoms with van der Waals surface area (Å²) in [5.74, 6) is 0.933. The van der Waals surface area contributed by atoms with Crippen LogP contribution >= 0.6 is 0 Å². The molecule has 25 heavy (non-hydrogen) atoms. The van der Waals surface area contributed by atoms with Crippen LogP contribution in [0.1, 0.15) is 28.5 Å². The second kappa shape index (κ2) is 6.48. The van der Waals surface area contributed by atoms with Crippen molar-refractivity contribution in [2.24, 2.45) is 0 Å². The van der Waals surface area contributed by atoms with Crippen LogP contribution in [0.5, 0.6) is 11.5 Å². The average Bonchev–Trinajstić information content (AvgIpc) is 2.90. The van der Waals surface area contributed by atoms with Gasteiger partial charge < -0.3 is 14.4 Å². The number of nitrogens with zero attached hydrogens (tertiary/aromatic N) is 1. The van der Waals surface area contributed by atoms with E-state index >= 15 is 0 Å². The molecule has 0 aliphatic heterocycles. The number of ether oxygens (including phenoxy) is 1. The van der Waals surface area contributed by atoms with Gasteiger partial charge in [0.15, 0.2) is 5.78 Å². The fourth-order valence-corrected chi connectivity index (χ4v) is 3.41. The van der Waals surface area contributed by atoms with E-state index in [0.717, 1.165) is 33.6 Å². The fourth-order valence-electron chi connectivity index (χ4n) is 3.41. The molecule has 4 nitrogen and oxygen atoms in total. The summed E-state index contributed by atoms with van der Waals surface area (Å²) in [6, 6.07) is 11.2. The number of Topliss-reactive ketones (excluding diaryl/α,β-unsaturated/α-hetero) is 1. The van der Waals surface area contributed by atoms with E-state index in [0.29, 0.717) is 12.0 Å². The molecule has 1 aromatic heterocycles. The van der Waals surface area contributed by atoms with Crippen molar-refractivity contribution >= 4 is 16.7 Å². The van der Waals surface area contributed by atoms with Crippen molar-refractivity contribution in [2.45, 2.75) is 20.3 Å². The number of carbonyl (C=O) groups excluding carboxylic acids is 1. The molecule has 0 saturated heterocycles. The number of fused-ring (bicyclic) bond motifs is 1. The zero-order valence-corrected chi connectivity index (χ0v) is 14.7. The highest BCUT2D eigenvalue weighted by Gasteiger charge is 2.22. The topological polar surface area (TPSA) is 51.5 Å². The molecular weight excluding hydrogens is 314 g/mol. The number of aromatic nitrogens is 1. The van der Waals surface area contributed by atoms with Crippen LogP contribution in [0, 0.1) is 6.92 Å². The molecule has 0 atom stereocenters. The van der Waals surface area contributed by atoms with E-state index in [4.69, 9.17) is 4.74 Å². The normalized spacial score (nSPS) is 10.8. The molecule has 1 N–H and O–H groups in total. The van der Waals surface area contributed by atoms with Crippen LogP contribution in [0.3, 0.4) is 0 Å². The lowest BCUT2D eigenvalue weighted by atomic mass is 9.99. The Hall–Kier alpha value is -3.01. The predicted octanol–water partition coefficient (Wildman–Crippen LogP) is 4.58. The molecule has 0 spiro atoms. The molecule has 3 aromatic rings. The predicted molar refractivity (Wildman–Crippen MR) is 100 cm³/mol. The third kappa shape index (κ3) is 2.70. The number of methoxy groups -OCH3 is 1. The number of aromatic hydroxyl groups is 1. The summed E-state index contributed by atoms with van der Waals surface area (Å²) in [7, 11) is 1.63. The molecule has 0 radical (unpaired) electrons. The van der Waals surface area contributed by atoms with Crippen LogP contribution in [0.25, 0.3) is 16.6 Å². The Balaban J connectivity index is 2.40. The van der Waals surface area contributed by atoms with Crippen molar-refractivity contribution in [3.05, 3.63) is 65.9 Å². The van der Waals surface area contributed by atoms with Crippen LogP contribution < -0.4 is 4.74 Å². The molecule has 0 unspecified atom stereocenters. The minimum absolute atomic E-state index is 0.0225. The summed E-state index contributed by atoms with van der Waals surface area (Å²) in [6.07, 6.45) is 2.23. The smallest absolute Gasteiger partial charge is 0.162 e. The van der Waals surface area contributed by atoms with Gasteiger partial charge in [0.25, 0.3) is 0 Å². The summed E-state index contributed by atoms with van der Waals surface area (Å²) in [4.78, 5) is 12.4. The van der Waals surface area contributed by atoms with Crippen molar-refractivity contribution in [1.29, 1.82) is 0 Å². The number of benzene rings is 2. The van der Waals surface area contributed by atoms with Crippen molar-refractivity contribution in [1.82, 2.24) is 4.57 Å². The van der Waals surface area contributed by atoms with Crippen molar-refractivity contribution in [3.63, 3.8) is 0 Å². The van der Waals surface area contributed by atoms with Crippen LogP contribution in [-0.2, 0) is 6.42 Å². The maximum Gasteiger partial charge on any atom is 0.162 e. The van der Waals surface area contributed by atoms with Crippen LogP contribution in [0.2, 0.25) is 0 Å². The average molecular weight is 335 g/mol. The standard InChI is InChI=1S/C21H21NO3/c1-5-6-17-19(24)12-11-18-21(17)20(14(3)23)13(2)22(18)15-7-9-16(25-4)10-8-15/h5,7-12,24H,1,6H2,2-4H3. The maximum atomic E-state index is 12.4. The van der Waals surface area contributed by atoms with Gasteiger partial charge in [-0.2, -0.15) is 0 Å². The largest absolute Gasteiger partial charge is 0.508 e. The Bertz CT molecular complexity index is 965. The Morgan fingerprint density at radius 3 is 2.48 bits per heavy atom. The van der Waals surface area contributed by atoms with Gasteiger partial charge in [0.2, 0.25) is 0 Å². The van der Waals surface area contributed by atoms with E-state index in [1.54, 1.807) is 26.2 Å². The molecular formula is C21H21NO3. The Morgan fingerprint density at radius 1 is 1.24 bits per heavy atom. The van der Waals surface area contributed by atoms with Gasteiger partial charge in [-0.25, -0.2) is 0 Å². The minimum Gasteiger partial charge on any atom is -0.508 e. The van der Waals surface area contributed by atoms with Gasteiger partial charge in [0.05, 0.1) is 12.6 Å². The number of carbonyl (C=O) groups is 1. The van der Waals surface area contributed by atoms with E-state index in [2.05, 4.69) is 6.58 Å². The van der Waals surface area contributed by atoms with Gasteiger partial charge in [0, 0.05) is 27.9 Å². The monoisotopic (exact) mass is 335 g/mol. The van der Waals surface area contributed by atoms with Crippen LogP contribution in [-0.4, -0.2) is 22.6 Å². The van der Waals surface area contributed by atoms with E-state index in [1.165, 1.54) is 0 Å². The molecule has 3 rings (SSSR count). The number of hydrogen-bond acceptors (Lipinski definition) is 3. The first-order valence-corrected chi connectivity index (χ1v) is 8.11. The summed E-state index contributed by atoms with van der Waals surface area (Å²) < 4.78 is 7.26. The number of allylic oxidation sites excluding steroid dienone is 1. The van der Waals surface area contributed by atoms with E-state index in [1.807, 2.05) is 41.8 Å². The molecule has 0 fully saturated rings. The van der Waals surface area contributed by atoms with Gasteiger partial charge >= 0.3 is 0 Å². The fraction of sp³-hybridized carbons (Fsp3) is 0.190. The summed E-state index contributed by atoms with van der Waals surface area (Å²) in [6.45, 7) is 7.25. The molecule has 0 aliphatic rings. The first kappa shape index (κ1) is 16.8. The number of rotatable bonds is 5. The van der Waals surface area contributed by atoms with Crippen molar-refractivity contribution in [2.75, 3.05) is 7.11 Å². The van der Waals surface area contributed by atoms with Crippen molar-refractivity contribution < 1.29 is 14.6 Å². The van der Waals surface area contributed by atoms with Gasteiger partial charge in [-0.15, -0.1) is 6.58 Å².